The van der Waals surface area contributed by atoms with Crippen LogP contribution in [-0.2, 0) is 0 Å². The highest BCUT2D eigenvalue weighted by atomic mass is 35.5. The van der Waals surface area contributed by atoms with E-state index in [4.69, 9.17) is 16.0 Å². The smallest absolute Gasteiger partial charge is 0.210 e. The fourth-order valence-electron chi connectivity index (χ4n) is 2.24. The van der Waals surface area contributed by atoms with Crippen LogP contribution in [0.5, 0.6) is 0 Å². The number of hydrogen-bond acceptors (Lipinski definition) is 3. The van der Waals surface area contributed by atoms with Gasteiger partial charge in [0.1, 0.15) is 5.58 Å². The van der Waals surface area contributed by atoms with Gasteiger partial charge in [-0.1, -0.05) is 18.0 Å². The largest absolute Gasteiger partial charge is 0.453 e. The molecule has 1 atom stereocenters. The molecular weight excluding hydrogens is 268 g/mol. The van der Waals surface area contributed by atoms with E-state index < -0.39 is 0 Å². The molecule has 2 heterocycles. The molecule has 0 amide bonds. The number of hydrogen-bond donors (Lipinski definition) is 0. The zero-order valence-corrected chi connectivity index (χ0v) is 11.4. The van der Waals surface area contributed by atoms with Gasteiger partial charge in [-0.2, -0.15) is 11.8 Å². The average Bonchev–Trinajstić information content (AvgIpc) is 2.81. The zero-order valence-electron chi connectivity index (χ0n) is 9.82. The summed E-state index contributed by atoms with van der Waals surface area (Å²) in [6.45, 7) is 0. The second-order valence-corrected chi connectivity index (χ2v) is 6.26. The maximum atomic E-state index is 12.3. The Balaban J connectivity index is 1.91. The fourth-order valence-corrected chi connectivity index (χ4v) is 3.68. The number of benzene rings is 1. The third-order valence-electron chi connectivity index (χ3n) is 3.19. The summed E-state index contributed by atoms with van der Waals surface area (Å²) in [5.74, 6) is 1.65. The van der Waals surface area contributed by atoms with Crippen molar-refractivity contribution in [1.82, 2.24) is 0 Å². The van der Waals surface area contributed by atoms with Gasteiger partial charge < -0.3 is 4.42 Å². The van der Waals surface area contributed by atoms with Gasteiger partial charge in [0, 0.05) is 10.4 Å². The standard InChI is InChI=1S/C14H13ClO2S/c15-10-4-5-11-9(7-10)8-12(17-11)14(16)13-3-1-2-6-18-13/h4-5,7-8,13H,1-3,6H2. The Morgan fingerprint density at radius 1 is 1.33 bits per heavy atom. The molecule has 1 aliphatic heterocycles. The molecule has 1 aromatic carbocycles. The minimum atomic E-state index is 0.0646. The molecule has 0 spiro atoms. The van der Waals surface area contributed by atoms with Crippen molar-refractivity contribution >= 4 is 40.1 Å². The van der Waals surface area contributed by atoms with Gasteiger partial charge in [0.2, 0.25) is 5.78 Å². The molecular formula is C14H13ClO2S. The van der Waals surface area contributed by atoms with E-state index in [9.17, 15) is 4.79 Å². The van der Waals surface area contributed by atoms with E-state index in [1.54, 1.807) is 23.9 Å². The van der Waals surface area contributed by atoms with Crippen molar-refractivity contribution in [2.45, 2.75) is 24.5 Å². The van der Waals surface area contributed by atoms with E-state index in [-0.39, 0.29) is 11.0 Å². The molecule has 18 heavy (non-hydrogen) atoms. The molecule has 0 radical (unpaired) electrons. The lowest BCUT2D eigenvalue weighted by molar-refractivity contribution is 0.0960. The Bertz CT molecular complexity index is 584. The predicted molar refractivity (Wildman–Crippen MR) is 75.7 cm³/mol. The number of carbonyl (C=O) groups is 1. The Morgan fingerprint density at radius 2 is 2.22 bits per heavy atom. The van der Waals surface area contributed by atoms with Gasteiger partial charge in [-0.3, -0.25) is 4.79 Å². The van der Waals surface area contributed by atoms with Gasteiger partial charge in [0.05, 0.1) is 5.25 Å². The number of fused-ring (bicyclic) bond motifs is 1. The van der Waals surface area contributed by atoms with Crippen LogP contribution in [0.25, 0.3) is 11.0 Å². The quantitative estimate of drug-likeness (QED) is 0.756. The monoisotopic (exact) mass is 280 g/mol. The van der Waals surface area contributed by atoms with E-state index in [0.717, 1.165) is 29.6 Å². The van der Waals surface area contributed by atoms with Crippen molar-refractivity contribution in [3.8, 4) is 0 Å². The van der Waals surface area contributed by atoms with Crippen LogP contribution in [0.1, 0.15) is 29.8 Å². The highest BCUT2D eigenvalue weighted by Crippen LogP contribution is 2.30. The van der Waals surface area contributed by atoms with Crippen LogP contribution in [0.3, 0.4) is 0 Å². The number of ketones is 1. The molecule has 0 N–H and O–H groups in total. The van der Waals surface area contributed by atoms with Gasteiger partial charge in [-0.05, 0) is 42.9 Å². The molecule has 1 saturated heterocycles. The predicted octanol–water partition coefficient (Wildman–Crippen LogP) is 4.55. The molecule has 4 heteroatoms. The minimum absolute atomic E-state index is 0.0646. The number of thioether (sulfide) groups is 1. The van der Waals surface area contributed by atoms with Crippen molar-refractivity contribution < 1.29 is 9.21 Å². The summed E-state index contributed by atoms with van der Waals surface area (Å²) in [6.07, 6.45) is 3.31. The molecule has 0 aliphatic carbocycles. The lowest BCUT2D eigenvalue weighted by atomic mass is 10.1. The Kier molecular flexibility index (Phi) is 3.35. The van der Waals surface area contributed by atoms with Crippen LogP contribution < -0.4 is 0 Å². The van der Waals surface area contributed by atoms with Crippen molar-refractivity contribution in [1.29, 1.82) is 0 Å². The third kappa shape index (κ3) is 2.29. The second kappa shape index (κ2) is 4.98. The molecule has 1 fully saturated rings. The highest BCUT2D eigenvalue weighted by Gasteiger charge is 2.25. The van der Waals surface area contributed by atoms with E-state index in [2.05, 4.69) is 0 Å². The molecule has 94 valence electrons. The van der Waals surface area contributed by atoms with E-state index in [0.29, 0.717) is 10.8 Å². The summed E-state index contributed by atoms with van der Waals surface area (Å²) in [4.78, 5) is 12.3. The number of carbonyl (C=O) groups excluding carboxylic acids is 1. The number of halogens is 1. The van der Waals surface area contributed by atoms with Crippen molar-refractivity contribution in [2.75, 3.05) is 5.75 Å². The lowest BCUT2D eigenvalue weighted by Crippen LogP contribution is -2.20. The molecule has 1 unspecified atom stereocenters. The minimum Gasteiger partial charge on any atom is -0.453 e. The van der Waals surface area contributed by atoms with Gasteiger partial charge >= 0.3 is 0 Å². The summed E-state index contributed by atoms with van der Waals surface area (Å²) < 4.78 is 5.62. The summed E-state index contributed by atoms with van der Waals surface area (Å²) in [5.41, 5.74) is 0.726. The van der Waals surface area contributed by atoms with Crippen LogP contribution in [0.2, 0.25) is 5.02 Å². The summed E-state index contributed by atoms with van der Waals surface area (Å²) in [5, 5.41) is 1.62. The molecule has 0 saturated carbocycles. The maximum Gasteiger partial charge on any atom is 0.210 e. The highest BCUT2D eigenvalue weighted by molar-refractivity contribution is 8.00. The molecule has 2 nitrogen and oxygen atoms in total. The number of rotatable bonds is 2. The topological polar surface area (TPSA) is 30.2 Å². The van der Waals surface area contributed by atoms with Crippen LogP contribution in [0, 0.1) is 0 Å². The van der Waals surface area contributed by atoms with Crippen LogP contribution in [0.4, 0.5) is 0 Å². The third-order valence-corrected chi connectivity index (χ3v) is 4.80. The summed E-state index contributed by atoms with van der Waals surface area (Å²) >= 11 is 7.67. The molecule has 0 bridgehead atoms. The van der Waals surface area contributed by atoms with Crippen molar-refractivity contribution in [2.24, 2.45) is 0 Å². The first-order chi connectivity index (χ1) is 8.74. The van der Waals surface area contributed by atoms with Crippen LogP contribution in [-0.4, -0.2) is 16.8 Å². The first-order valence-corrected chi connectivity index (χ1v) is 7.51. The van der Waals surface area contributed by atoms with Crippen molar-refractivity contribution in [3.63, 3.8) is 0 Å². The first-order valence-electron chi connectivity index (χ1n) is 6.09. The van der Waals surface area contributed by atoms with E-state index in [1.807, 2.05) is 12.1 Å². The van der Waals surface area contributed by atoms with Gasteiger partial charge in [-0.25, -0.2) is 0 Å². The Morgan fingerprint density at radius 3 is 3.00 bits per heavy atom. The van der Waals surface area contributed by atoms with Gasteiger partial charge in [0.25, 0.3) is 0 Å². The second-order valence-electron chi connectivity index (χ2n) is 4.51. The molecule has 2 aromatic rings. The van der Waals surface area contributed by atoms with Crippen LogP contribution in [0.15, 0.2) is 28.7 Å². The maximum absolute atomic E-state index is 12.3. The zero-order chi connectivity index (χ0) is 12.5. The molecule has 3 rings (SSSR count). The number of furan rings is 1. The first kappa shape index (κ1) is 12.1. The molecule has 1 aliphatic rings. The lowest BCUT2D eigenvalue weighted by Gasteiger charge is -2.18. The van der Waals surface area contributed by atoms with E-state index >= 15 is 0 Å². The van der Waals surface area contributed by atoms with Gasteiger partial charge in [-0.15, -0.1) is 0 Å². The Hall–Kier alpha value is -0.930. The molecule has 1 aromatic heterocycles. The average molecular weight is 281 g/mol. The van der Waals surface area contributed by atoms with Crippen molar-refractivity contribution in [3.05, 3.63) is 35.0 Å². The fraction of sp³-hybridized carbons (Fsp3) is 0.357. The Labute approximate surface area is 115 Å². The van der Waals surface area contributed by atoms with E-state index in [1.165, 1.54) is 6.42 Å². The van der Waals surface area contributed by atoms with Crippen LogP contribution >= 0.6 is 23.4 Å². The summed E-state index contributed by atoms with van der Waals surface area (Å²) in [7, 11) is 0. The normalized spacial score (nSPS) is 20.2. The number of Topliss-reactive ketones (excluding diaryl/α,β-unsaturated/α-hetero) is 1. The summed E-state index contributed by atoms with van der Waals surface area (Å²) in [6, 6.07) is 7.21. The SMILES string of the molecule is O=C(c1cc2cc(Cl)ccc2o1)C1CCCCS1. The van der Waals surface area contributed by atoms with Gasteiger partial charge in [0.15, 0.2) is 5.76 Å².